The minimum Gasteiger partial charge on any atom is -0.331 e. The first-order valence-corrected chi connectivity index (χ1v) is 8.63. The van der Waals surface area contributed by atoms with Gasteiger partial charge in [-0.1, -0.05) is 12.1 Å². The van der Waals surface area contributed by atoms with Crippen LogP contribution >= 0.6 is 0 Å². The van der Waals surface area contributed by atoms with E-state index in [1.165, 1.54) is 4.52 Å². The van der Waals surface area contributed by atoms with Gasteiger partial charge in [0.15, 0.2) is 0 Å². The molecule has 1 aromatic carbocycles. The molecule has 0 aliphatic heterocycles. The summed E-state index contributed by atoms with van der Waals surface area (Å²) in [5, 5.41) is 4.12. The fourth-order valence-corrected chi connectivity index (χ4v) is 2.99. The number of imidazole rings is 1. The van der Waals surface area contributed by atoms with Crippen LogP contribution in [-0.2, 0) is 18.3 Å². The van der Waals surface area contributed by atoms with E-state index in [4.69, 9.17) is 0 Å². The van der Waals surface area contributed by atoms with E-state index in [2.05, 4.69) is 30.9 Å². The zero-order valence-corrected chi connectivity index (χ0v) is 15.6. The summed E-state index contributed by atoms with van der Waals surface area (Å²) in [7, 11) is 1.84. The number of nitrogens with zero attached hydrogens (tertiary/aromatic N) is 6. The summed E-state index contributed by atoms with van der Waals surface area (Å²) < 4.78 is 3.32. The Morgan fingerprint density at radius 1 is 1.07 bits per heavy atom. The second-order valence-corrected chi connectivity index (χ2v) is 6.44. The predicted octanol–water partition coefficient (Wildman–Crippen LogP) is 0.632. The van der Waals surface area contributed by atoms with Crippen molar-refractivity contribution in [2.45, 2.75) is 20.3 Å². The number of hydrogen-bond donors (Lipinski definition) is 2. The maximum atomic E-state index is 12.3. The van der Waals surface area contributed by atoms with E-state index in [1.807, 2.05) is 55.8 Å². The van der Waals surface area contributed by atoms with Crippen LogP contribution < -0.4 is 10.9 Å². The topological polar surface area (TPSA) is 119 Å². The molecular weight excluding hydrogens is 360 g/mol. The van der Waals surface area contributed by atoms with Gasteiger partial charge in [-0.25, -0.2) is 14.5 Å². The van der Waals surface area contributed by atoms with Crippen LogP contribution in [-0.4, -0.2) is 40.9 Å². The van der Waals surface area contributed by atoms with Crippen molar-refractivity contribution >= 4 is 28.6 Å². The molecule has 0 spiro atoms. The molecule has 10 nitrogen and oxygen atoms in total. The molecule has 142 valence electrons. The number of hydrogen-bond acceptors (Lipinski definition) is 6. The third kappa shape index (κ3) is 3.15. The summed E-state index contributed by atoms with van der Waals surface area (Å²) >= 11 is 0. The Morgan fingerprint density at radius 2 is 1.86 bits per heavy atom. The predicted molar refractivity (Wildman–Crippen MR) is 100 cm³/mol. The van der Waals surface area contributed by atoms with Gasteiger partial charge in [0.05, 0.1) is 17.5 Å². The largest absolute Gasteiger partial charge is 0.331 e. The lowest BCUT2D eigenvalue weighted by Crippen LogP contribution is -2.43. The van der Waals surface area contributed by atoms with E-state index in [0.29, 0.717) is 11.6 Å². The second kappa shape index (κ2) is 6.72. The molecule has 0 aliphatic carbocycles. The van der Waals surface area contributed by atoms with Crippen LogP contribution in [0.5, 0.6) is 0 Å². The SMILES string of the molecule is Cc1cc(C)n2nc(C(=O)NNC(=O)Cc3nc4ccccc4n3C)nc2n1. The molecule has 0 bridgehead atoms. The van der Waals surface area contributed by atoms with Crippen molar-refractivity contribution in [3.63, 3.8) is 0 Å². The Balaban J connectivity index is 1.43. The third-order valence-electron chi connectivity index (χ3n) is 4.34. The molecule has 2 amide bonds. The smallest absolute Gasteiger partial charge is 0.309 e. The molecular formula is C18H18N8O2. The van der Waals surface area contributed by atoms with Crippen molar-refractivity contribution in [2.24, 2.45) is 7.05 Å². The molecule has 0 saturated carbocycles. The number of amides is 2. The van der Waals surface area contributed by atoms with Crippen LogP contribution in [0.4, 0.5) is 0 Å². The first kappa shape index (κ1) is 17.6. The maximum absolute atomic E-state index is 12.3. The molecule has 0 saturated heterocycles. The van der Waals surface area contributed by atoms with Gasteiger partial charge >= 0.3 is 5.91 Å². The molecule has 3 heterocycles. The zero-order valence-electron chi connectivity index (χ0n) is 15.6. The molecule has 4 aromatic rings. The fourth-order valence-electron chi connectivity index (χ4n) is 2.99. The van der Waals surface area contributed by atoms with E-state index < -0.39 is 11.8 Å². The molecule has 0 aliphatic rings. The highest BCUT2D eigenvalue weighted by atomic mass is 16.2. The first-order chi connectivity index (χ1) is 13.4. The summed E-state index contributed by atoms with van der Waals surface area (Å²) in [6.07, 6.45) is 0.0178. The van der Waals surface area contributed by atoms with Crippen molar-refractivity contribution in [3.8, 4) is 0 Å². The highest BCUT2D eigenvalue weighted by Gasteiger charge is 2.17. The minimum atomic E-state index is -0.624. The van der Waals surface area contributed by atoms with Crippen molar-refractivity contribution in [1.82, 2.24) is 40.0 Å². The number of carbonyl (C=O) groups excluding carboxylic acids is 2. The first-order valence-electron chi connectivity index (χ1n) is 8.63. The fraction of sp³-hybridized carbons (Fsp3) is 0.222. The van der Waals surface area contributed by atoms with Gasteiger partial charge < -0.3 is 4.57 Å². The summed E-state index contributed by atoms with van der Waals surface area (Å²) in [5.74, 6) is -0.186. The van der Waals surface area contributed by atoms with Gasteiger partial charge in [-0.15, -0.1) is 5.10 Å². The third-order valence-corrected chi connectivity index (χ3v) is 4.34. The number of fused-ring (bicyclic) bond motifs is 2. The Bertz CT molecular complexity index is 1220. The lowest BCUT2D eigenvalue weighted by Gasteiger charge is -2.05. The van der Waals surface area contributed by atoms with Crippen molar-refractivity contribution in [2.75, 3.05) is 0 Å². The van der Waals surface area contributed by atoms with Gasteiger partial charge in [0, 0.05) is 18.4 Å². The molecule has 0 unspecified atom stereocenters. The zero-order chi connectivity index (χ0) is 19.8. The number of rotatable bonds is 3. The van der Waals surface area contributed by atoms with E-state index in [-0.39, 0.29) is 12.2 Å². The summed E-state index contributed by atoms with van der Waals surface area (Å²) in [6, 6.07) is 9.44. The maximum Gasteiger partial charge on any atom is 0.309 e. The van der Waals surface area contributed by atoms with Crippen LogP contribution in [0.2, 0.25) is 0 Å². The van der Waals surface area contributed by atoms with Crippen LogP contribution in [0.1, 0.15) is 27.8 Å². The molecule has 4 rings (SSSR count). The molecule has 0 atom stereocenters. The summed E-state index contributed by atoms with van der Waals surface area (Å²) in [5.41, 5.74) is 8.02. The lowest BCUT2D eigenvalue weighted by molar-refractivity contribution is -0.121. The normalized spacial score (nSPS) is 11.1. The number of aromatic nitrogens is 6. The number of aryl methyl sites for hydroxylation is 3. The summed E-state index contributed by atoms with van der Waals surface area (Å²) in [4.78, 5) is 37.2. The van der Waals surface area contributed by atoms with Gasteiger partial charge in [0.2, 0.25) is 11.7 Å². The van der Waals surface area contributed by atoms with Gasteiger partial charge in [0.1, 0.15) is 5.82 Å². The van der Waals surface area contributed by atoms with Gasteiger partial charge in [-0.05, 0) is 32.0 Å². The van der Waals surface area contributed by atoms with Gasteiger partial charge in [-0.3, -0.25) is 20.4 Å². The standard InChI is InChI=1S/C18H18N8O2/c1-10-8-11(2)26-18(19-10)21-16(24-26)17(28)23-22-15(27)9-14-20-12-6-4-5-7-13(12)25(14)3/h4-8H,9H2,1-3H3,(H,22,27)(H,23,28). The Kier molecular flexibility index (Phi) is 4.22. The summed E-state index contributed by atoms with van der Waals surface area (Å²) in [6.45, 7) is 3.68. The van der Waals surface area contributed by atoms with Crippen LogP contribution in [0.3, 0.4) is 0 Å². The van der Waals surface area contributed by atoms with Crippen LogP contribution in [0.15, 0.2) is 30.3 Å². The van der Waals surface area contributed by atoms with Gasteiger partial charge in [-0.2, -0.15) is 4.98 Å². The van der Waals surface area contributed by atoms with E-state index in [0.717, 1.165) is 22.4 Å². The molecule has 0 fully saturated rings. The van der Waals surface area contributed by atoms with Crippen LogP contribution in [0.25, 0.3) is 16.8 Å². The number of para-hydroxylation sites is 2. The van der Waals surface area contributed by atoms with E-state index in [1.54, 1.807) is 0 Å². The van der Waals surface area contributed by atoms with Crippen molar-refractivity contribution in [1.29, 1.82) is 0 Å². The highest BCUT2D eigenvalue weighted by molar-refractivity contribution is 5.92. The van der Waals surface area contributed by atoms with E-state index in [9.17, 15) is 9.59 Å². The molecule has 3 aromatic heterocycles. The monoisotopic (exact) mass is 378 g/mol. The average molecular weight is 378 g/mol. The Morgan fingerprint density at radius 3 is 2.64 bits per heavy atom. The lowest BCUT2D eigenvalue weighted by atomic mass is 10.3. The second-order valence-electron chi connectivity index (χ2n) is 6.44. The molecule has 0 radical (unpaired) electrons. The van der Waals surface area contributed by atoms with Crippen molar-refractivity contribution in [3.05, 3.63) is 53.4 Å². The highest BCUT2D eigenvalue weighted by Crippen LogP contribution is 2.14. The van der Waals surface area contributed by atoms with Crippen LogP contribution in [0, 0.1) is 13.8 Å². The number of hydrazine groups is 1. The molecule has 28 heavy (non-hydrogen) atoms. The van der Waals surface area contributed by atoms with E-state index >= 15 is 0 Å². The molecule has 10 heteroatoms. The van der Waals surface area contributed by atoms with Gasteiger partial charge in [0.25, 0.3) is 5.78 Å². The Hall–Kier alpha value is -3.82. The number of carbonyl (C=O) groups is 2. The Labute approximate surface area is 159 Å². The minimum absolute atomic E-state index is 0.0178. The van der Waals surface area contributed by atoms with Crippen molar-refractivity contribution < 1.29 is 9.59 Å². The quantitative estimate of drug-likeness (QED) is 0.505. The number of nitrogens with one attached hydrogen (secondary N) is 2. The number of benzene rings is 1. The average Bonchev–Trinajstić information content (AvgIpc) is 3.22. The molecule has 2 N–H and O–H groups in total.